The van der Waals surface area contributed by atoms with Crippen LogP contribution in [0, 0.1) is 0 Å². The maximum atomic E-state index is 12.3. The van der Waals surface area contributed by atoms with Gasteiger partial charge in [-0.05, 0) is 45.0 Å². The number of rotatable bonds is 2. The zero-order valence-electron chi connectivity index (χ0n) is 17.9. The summed E-state index contributed by atoms with van der Waals surface area (Å²) >= 11 is 0. The van der Waals surface area contributed by atoms with E-state index in [2.05, 4.69) is 26.1 Å². The second-order valence-corrected chi connectivity index (χ2v) is 8.73. The van der Waals surface area contributed by atoms with Gasteiger partial charge in [0.25, 0.3) is 0 Å². The maximum absolute atomic E-state index is 12.3. The standard InChI is InChI=1S/C22H25N7O2/c1-22(2,3)31-21(30)28-10-8-27(9-11-28)20-7-6-19-23-14-18(29(19)26-20)15-4-5-17-16(12-15)13-24-25-17/h4-7,12-14H,8-11H2,1-3H3,(H,24,25). The van der Waals surface area contributed by atoms with Crippen molar-refractivity contribution in [3.63, 3.8) is 0 Å². The van der Waals surface area contributed by atoms with Crippen LogP contribution in [0.15, 0.2) is 42.7 Å². The monoisotopic (exact) mass is 419 g/mol. The number of fused-ring (bicyclic) bond motifs is 2. The Morgan fingerprint density at radius 2 is 1.87 bits per heavy atom. The fraction of sp³-hybridized carbons (Fsp3) is 0.364. The largest absolute Gasteiger partial charge is 0.444 e. The summed E-state index contributed by atoms with van der Waals surface area (Å²) < 4.78 is 7.36. The van der Waals surface area contributed by atoms with Crippen LogP contribution in [0.25, 0.3) is 27.8 Å². The van der Waals surface area contributed by atoms with Gasteiger partial charge in [0, 0.05) is 37.1 Å². The summed E-state index contributed by atoms with van der Waals surface area (Å²) in [6.45, 7) is 8.24. The van der Waals surface area contributed by atoms with Gasteiger partial charge in [-0.3, -0.25) is 5.10 Å². The smallest absolute Gasteiger partial charge is 0.410 e. The highest BCUT2D eigenvalue weighted by atomic mass is 16.6. The first kappa shape index (κ1) is 19.3. The fourth-order valence-corrected chi connectivity index (χ4v) is 3.78. The van der Waals surface area contributed by atoms with Gasteiger partial charge in [0.15, 0.2) is 5.65 Å². The summed E-state index contributed by atoms with van der Waals surface area (Å²) in [7, 11) is 0. The van der Waals surface area contributed by atoms with Gasteiger partial charge in [-0.25, -0.2) is 14.3 Å². The Morgan fingerprint density at radius 3 is 2.65 bits per heavy atom. The number of hydrogen-bond donors (Lipinski definition) is 1. The lowest BCUT2D eigenvalue weighted by Gasteiger charge is -2.36. The second kappa shape index (κ2) is 7.26. The number of nitrogens with one attached hydrogen (secondary N) is 1. The van der Waals surface area contributed by atoms with Gasteiger partial charge in [0.2, 0.25) is 0 Å². The molecule has 0 spiro atoms. The van der Waals surface area contributed by atoms with Crippen LogP contribution in [-0.4, -0.2) is 67.6 Å². The van der Waals surface area contributed by atoms with Crippen LogP contribution in [0.5, 0.6) is 0 Å². The molecular formula is C22H25N7O2. The van der Waals surface area contributed by atoms with E-state index in [-0.39, 0.29) is 6.09 Å². The van der Waals surface area contributed by atoms with Crippen molar-refractivity contribution >= 4 is 28.5 Å². The predicted octanol–water partition coefficient (Wildman–Crippen LogP) is 3.33. The first-order valence-corrected chi connectivity index (χ1v) is 10.4. The Kier molecular flexibility index (Phi) is 4.53. The van der Waals surface area contributed by atoms with Crippen LogP contribution in [0.2, 0.25) is 0 Å². The molecule has 0 unspecified atom stereocenters. The predicted molar refractivity (Wildman–Crippen MR) is 118 cm³/mol. The second-order valence-electron chi connectivity index (χ2n) is 8.73. The molecule has 1 fully saturated rings. The fourth-order valence-electron chi connectivity index (χ4n) is 3.78. The number of ether oxygens (including phenoxy) is 1. The van der Waals surface area contributed by atoms with E-state index in [9.17, 15) is 4.79 Å². The molecule has 0 radical (unpaired) electrons. The summed E-state index contributed by atoms with van der Waals surface area (Å²) in [5, 5.41) is 13.0. The minimum Gasteiger partial charge on any atom is -0.444 e. The molecule has 0 saturated carbocycles. The van der Waals surface area contributed by atoms with E-state index < -0.39 is 5.60 Å². The van der Waals surface area contributed by atoms with Gasteiger partial charge in [-0.15, -0.1) is 5.10 Å². The molecule has 1 aliphatic rings. The van der Waals surface area contributed by atoms with E-state index >= 15 is 0 Å². The molecule has 1 aliphatic heterocycles. The van der Waals surface area contributed by atoms with Crippen molar-refractivity contribution < 1.29 is 9.53 Å². The van der Waals surface area contributed by atoms with E-state index in [4.69, 9.17) is 9.84 Å². The number of H-pyrrole nitrogens is 1. The number of carbonyl (C=O) groups excluding carboxylic acids is 1. The Morgan fingerprint density at radius 1 is 1.06 bits per heavy atom. The minimum atomic E-state index is -0.488. The Bertz CT molecular complexity index is 1250. The number of hydrogen-bond acceptors (Lipinski definition) is 6. The summed E-state index contributed by atoms with van der Waals surface area (Å²) in [6, 6.07) is 10.1. The van der Waals surface area contributed by atoms with E-state index in [0.29, 0.717) is 26.2 Å². The van der Waals surface area contributed by atoms with Crippen molar-refractivity contribution in [1.82, 2.24) is 29.7 Å². The molecule has 9 heteroatoms. The molecule has 0 atom stereocenters. The summed E-state index contributed by atoms with van der Waals surface area (Å²) in [6.07, 6.45) is 3.39. The number of carbonyl (C=O) groups is 1. The van der Waals surface area contributed by atoms with Gasteiger partial charge in [-0.2, -0.15) is 5.10 Å². The van der Waals surface area contributed by atoms with Crippen molar-refractivity contribution in [2.75, 3.05) is 31.1 Å². The highest BCUT2D eigenvalue weighted by Crippen LogP contribution is 2.25. The molecule has 4 heterocycles. The van der Waals surface area contributed by atoms with Crippen molar-refractivity contribution in [2.24, 2.45) is 0 Å². The molecule has 0 bridgehead atoms. The van der Waals surface area contributed by atoms with Gasteiger partial charge in [-0.1, -0.05) is 6.07 Å². The number of piperazine rings is 1. The van der Waals surface area contributed by atoms with Crippen LogP contribution in [0.3, 0.4) is 0 Å². The molecule has 1 saturated heterocycles. The summed E-state index contributed by atoms with van der Waals surface area (Å²) in [4.78, 5) is 20.8. The summed E-state index contributed by atoms with van der Waals surface area (Å²) in [5.41, 5.74) is 3.25. The normalized spacial score (nSPS) is 15.1. The Hall–Kier alpha value is -3.62. The number of aromatic nitrogens is 5. The molecule has 1 aromatic carbocycles. The van der Waals surface area contributed by atoms with Gasteiger partial charge < -0.3 is 14.5 Å². The van der Waals surface area contributed by atoms with Crippen molar-refractivity contribution in [2.45, 2.75) is 26.4 Å². The molecule has 4 aromatic rings. The lowest BCUT2D eigenvalue weighted by molar-refractivity contribution is 0.0240. The van der Waals surface area contributed by atoms with E-state index in [1.165, 1.54) is 0 Å². The van der Waals surface area contributed by atoms with E-state index in [0.717, 1.165) is 33.6 Å². The number of amides is 1. The molecule has 3 aromatic heterocycles. The van der Waals surface area contributed by atoms with Crippen LogP contribution < -0.4 is 4.90 Å². The SMILES string of the molecule is CC(C)(C)OC(=O)N1CCN(c2ccc3ncc(-c4ccc5[nH]ncc5c4)n3n2)CC1. The van der Waals surface area contributed by atoms with Crippen LogP contribution in [-0.2, 0) is 4.74 Å². The van der Waals surface area contributed by atoms with Crippen molar-refractivity contribution in [3.8, 4) is 11.3 Å². The van der Waals surface area contributed by atoms with Crippen molar-refractivity contribution in [1.29, 1.82) is 0 Å². The van der Waals surface area contributed by atoms with Crippen LogP contribution >= 0.6 is 0 Å². The first-order valence-electron chi connectivity index (χ1n) is 10.4. The van der Waals surface area contributed by atoms with Gasteiger partial charge >= 0.3 is 6.09 Å². The Labute approximate surface area is 179 Å². The van der Waals surface area contributed by atoms with Gasteiger partial charge in [0.1, 0.15) is 11.4 Å². The number of nitrogens with zero attached hydrogens (tertiary/aromatic N) is 6. The van der Waals surface area contributed by atoms with E-state index in [1.807, 2.05) is 61.9 Å². The molecule has 160 valence electrons. The van der Waals surface area contributed by atoms with Crippen LogP contribution in [0.1, 0.15) is 20.8 Å². The number of anilines is 1. The molecule has 0 aliphatic carbocycles. The zero-order valence-corrected chi connectivity index (χ0v) is 17.9. The lowest BCUT2D eigenvalue weighted by Crippen LogP contribution is -2.50. The third-order valence-corrected chi connectivity index (χ3v) is 5.34. The van der Waals surface area contributed by atoms with E-state index in [1.54, 1.807) is 4.90 Å². The molecular weight excluding hydrogens is 394 g/mol. The third-order valence-electron chi connectivity index (χ3n) is 5.34. The number of benzene rings is 1. The molecule has 31 heavy (non-hydrogen) atoms. The highest BCUT2D eigenvalue weighted by molar-refractivity contribution is 5.83. The molecule has 1 amide bonds. The van der Waals surface area contributed by atoms with Gasteiger partial charge in [0.05, 0.1) is 23.6 Å². The average molecular weight is 419 g/mol. The lowest BCUT2D eigenvalue weighted by atomic mass is 10.1. The number of aromatic amines is 1. The quantitative estimate of drug-likeness (QED) is 0.536. The topological polar surface area (TPSA) is 91.6 Å². The zero-order chi connectivity index (χ0) is 21.6. The highest BCUT2D eigenvalue weighted by Gasteiger charge is 2.26. The third kappa shape index (κ3) is 3.78. The molecule has 5 rings (SSSR count). The van der Waals surface area contributed by atoms with Crippen molar-refractivity contribution in [3.05, 3.63) is 42.7 Å². The first-order chi connectivity index (χ1) is 14.9. The maximum Gasteiger partial charge on any atom is 0.410 e. The van der Waals surface area contributed by atoms with Crippen LogP contribution in [0.4, 0.5) is 10.6 Å². The molecule has 9 nitrogen and oxygen atoms in total. The minimum absolute atomic E-state index is 0.262. The molecule has 1 N–H and O–H groups in total. The number of imidazole rings is 1. The average Bonchev–Trinajstić information content (AvgIpc) is 3.38. The summed E-state index contributed by atoms with van der Waals surface area (Å²) in [5.74, 6) is 0.861. The Balaban J connectivity index is 1.37.